The first-order valence-corrected chi connectivity index (χ1v) is 7.68. The minimum Gasteiger partial charge on any atom is -0.463 e. The summed E-state index contributed by atoms with van der Waals surface area (Å²) in [5, 5.41) is 13.2. The average molecular weight is 341 g/mol. The first kappa shape index (κ1) is 15.1. The number of carbonyl (C=O) groups is 1. The van der Waals surface area contributed by atoms with Crippen LogP contribution < -0.4 is 5.32 Å². The van der Waals surface area contributed by atoms with Gasteiger partial charge in [0.15, 0.2) is 11.4 Å². The van der Waals surface area contributed by atoms with Crippen molar-refractivity contribution in [3.05, 3.63) is 36.3 Å². The van der Waals surface area contributed by atoms with E-state index in [1.165, 1.54) is 6.33 Å². The molecule has 128 valence electrons. The van der Waals surface area contributed by atoms with Crippen molar-refractivity contribution in [1.29, 1.82) is 0 Å². The highest BCUT2D eigenvalue weighted by atomic mass is 16.5. The maximum absolute atomic E-state index is 12.5. The number of carbonyl (C=O) groups excluding carboxylic acids is 1. The number of fused-ring (bicyclic) bond motifs is 1. The number of rotatable bonds is 5. The summed E-state index contributed by atoms with van der Waals surface area (Å²) in [5.74, 6) is 0.720. The fraction of sp³-hybridized carbons (Fsp3) is 0.267. The van der Waals surface area contributed by atoms with E-state index in [4.69, 9.17) is 8.94 Å². The van der Waals surface area contributed by atoms with Crippen LogP contribution in [0.25, 0.3) is 22.7 Å². The van der Waals surface area contributed by atoms with Crippen LogP contribution in [0.1, 0.15) is 36.3 Å². The molecule has 1 amide bonds. The summed E-state index contributed by atoms with van der Waals surface area (Å²) in [4.78, 5) is 23.8. The summed E-state index contributed by atoms with van der Waals surface area (Å²) in [6.45, 7) is 3.90. The van der Waals surface area contributed by atoms with Crippen molar-refractivity contribution in [2.45, 2.75) is 19.9 Å². The number of aromatic nitrogens is 6. The molecular formula is C15H15N7O3. The SMILES string of the molecule is CC(C)C(NC(=O)c1cc2occc2[nH]1)c1nc(-c2ncn[nH]2)no1. The molecule has 25 heavy (non-hydrogen) atoms. The topological polar surface area (TPSA) is 139 Å². The predicted octanol–water partition coefficient (Wildman–Crippen LogP) is 2.06. The molecule has 3 N–H and O–H groups in total. The normalized spacial score (nSPS) is 12.8. The molecule has 4 rings (SSSR count). The molecule has 10 heteroatoms. The van der Waals surface area contributed by atoms with Crippen LogP contribution in [0.15, 0.2) is 33.7 Å². The maximum atomic E-state index is 12.5. The van der Waals surface area contributed by atoms with Crippen molar-refractivity contribution in [2.24, 2.45) is 5.92 Å². The number of amides is 1. The lowest BCUT2D eigenvalue weighted by atomic mass is 10.0. The van der Waals surface area contributed by atoms with Crippen LogP contribution in [0.3, 0.4) is 0 Å². The second-order valence-electron chi connectivity index (χ2n) is 5.87. The van der Waals surface area contributed by atoms with E-state index >= 15 is 0 Å². The number of furan rings is 1. The number of aromatic amines is 2. The maximum Gasteiger partial charge on any atom is 0.268 e. The molecule has 0 aliphatic heterocycles. The summed E-state index contributed by atoms with van der Waals surface area (Å²) < 4.78 is 10.6. The van der Waals surface area contributed by atoms with Gasteiger partial charge < -0.3 is 19.2 Å². The molecule has 0 aliphatic rings. The van der Waals surface area contributed by atoms with Gasteiger partial charge in [-0.2, -0.15) is 10.1 Å². The van der Waals surface area contributed by atoms with E-state index in [1.807, 2.05) is 13.8 Å². The Labute approximate surface area is 141 Å². The highest BCUT2D eigenvalue weighted by molar-refractivity contribution is 5.96. The smallest absolute Gasteiger partial charge is 0.268 e. The zero-order chi connectivity index (χ0) is 17.4. The lowest BCUT2D eigenvalue weighted by Gasteiger charge is -2.17. The van der Waals surface area contributed by atoms with Gasteiger partial charge >= 0.3 is 0 Å². The Kier molecular flexibility index (Phi) is 3.56. The molecule has 10 nitrogen and oxygen atoms in total. The molecule has 0 aliphatic carbocycles. The summed E-state index contributed by atoms with van der Waals surface area (Å²) in [6.07, 6.45) is 2.91. The third-order valence-corrected chi connectivity index (χ3v) is 3.77. The Bertz CT molecular complexity index is 967. The Morgan fingerprint density at radius 2 is 2.24 bits per heavy atom. The van der Waals surface area contributed by atoms with Crippen molar-refractivity contribution >= 4 is 17.0 Å². The van der Waals surface area contributed by atoms with Crippen LogP contribution in [0.4, 0.5) is 0 Å². The van der Waals surface area contributed by atoms with Crippen LogP contribution >= 0.6 is 0 Å². The fourth-order valence-electron chi connectivity index (χ4n) is 2.47. The second-order valence-corrected chi connectivity index (χ2v) is 5.87. The zero-order valence-electron chi connectivity index (χ0n) is 13.5. The molecule has 0 fully saturated rings. The van der Waals surface area contributed by atoms with Gasteiger partial charge in [-0.15, -0.1) is 0 Å². The van der Waals surface area contributed by atoms with Gasteiger partial charge in [-0.25, -0.2) is 4.98 Å². The summed E-state index contributed by atoms with van der Waals surface area (Å²) in [7, 11) is 0. The van der Waals surface area contributed by atoms with E-state index in [2.05, 4.69) is 35.6 Å². The van der Waals surface area contributed by atoms with E-state index in [9.17, 15) is 4.79 Å². The van der Waals surface area contributed by atoms with Crippen LogP contribution in [-0.4, -0.2) is 36.2 Å². The third kappa shape index (κ3) is 2.77. The summed E-state index contributed by atoms with van der Waals surface area (Å²) >= 11 is 0. The number of hydrogen-bond acceptors (Lipinski definition) is 7. The average Bonchev–Trinajstić information content (AvgIpc) is 3.35. The van der Waals surface area contributed by atoms with E-state index < -0.39 is 6.04 Å². The fourth-order valence-corrected chi connectivity index (χ4v) is 2.47. The third-order valence-electron chi connectivity index (χ3n) is 3.77. The minimum atomic E-state index is -0.453. The van der Waals surface area contributed by atoms with Gasteiger partial charge in [0.1, 0.15) is 18.1 Å². The highest BCUT2D eigenvalue weighted by Crippen LogP contribution is 2.23. The molecule has 0 aromatic carbocycles. The largest absolute Gasteiger partial charge is 0.463 e. The standard InChI is InChI=1S/C15H15N7O3/c1-7(2)11(15-20-13(22-25-15)12-16-6-17-21-12)19-14(23)9-5-10-8(18-9)3-4-24-10/h3-7,11,18H,1-2H3,(H,19,23)(H,16,17,21). The minimum absolute atomic E-state index is 0.0323. The molecule has 0 spiro atoms. The predicted molar refractivity (Wildman–Crippen MR) is 85.3 cm³/mol. The second kappa shape index (κ2) is 5.89. The number of nitrogens with zero attached hydrogens (tertiary/aromatic N) is 4. The highest BCUT2D eigenvalue weighted by Gasteiger charge is 2.26. The molecule has 4 aromatic rings. The number of nitrogens with one attached hydrogen (secondary N) is 3. The molecular weight excluding hydrogens is 326 g/mol. The molecule has 1 atom stereocenters. The summed E-state index contributed by atoms with van der Waals surface area (Å²) in [5.41, 5.74) is 1.78. The molecule has 0 radical (unpaired) electrons. The van der Waals surface area contributed by atoms with E-state index in [0.717, 1.165) is 5.52 Å². The number of H-pyrrole nitrogens is 2. The monoisotopic (exact) mass is 341 g/mol. The van der Waals surface area contributed by atoms with Crippen LogP contribution in [0, 0.1) is 5.92 Å². The first-order chi connectivity index (χ1) is 12.1. The molecule has 4 aromatic heterocycles. The Balaban J connectivity index is 1.57. The Morgan fingerprint density at radius 3 is 2.96 bits per heavy atom. The summed E-state index contributed by atoms with van der Waals surface area (Å²) in [6, 6.07) is 2.95. The van der Waals surface area contributed by atoms with Gasteiger partial charge in [0.05, 0.1) is 11.8 Å². The molecule has 4 heterocycles. The molecule has 0 saturated heterocycles. The van der Waals surface area contributed by atoms with Crippen LogP contribution in [0.5, 0.6) is 0 Å². The van der Waals surface area contributed by atoms with Crippen molar-refractivity contribution < 1.29 is 13.7 Å². The molecule has 0 saturated carbocycles. The lowest BCUT2D eigenvalue weighted by molar-refractivity contribution is 0.0909. The number of hydrogen-bond donors (Lipinski definition) is 3. The van der Waals surface area contributed by atoms with Crippen LogP contribution in [-0.2, 0) is 0 Å². The van der Waals surface area contributed by atoms with Gasteiger partial charge in [-0.3, -0.25) is 9.89 Å². The van der Waals surface area contributed by atoms with Crippen LogP contribution in [0.2, 0.25) is 0 Å². The zero-order valence-corrected chi connectivity index (χ0v) is 13.5. The van der Waals surface area contributed by atoms with Gasteiger partial charge in [0.25, 0.3) is 5.91 Å². The van der Waals surface area contributed by atoms with Gasteiger partial charge in [-0.1, -0.05) is 19.0 Å². The Morgan fingerprint density at radius 1 is 1.36 bits per heavy atom. The lowest BCUT2D eigenvalue weighted by Crippen LogP contribution is -2.32. The van der Waals surface area contributed by atoms with Gasteiger partial charge in [-0.05, 0) is 5.92 Å². The molecule has 1 unspecified atom stereocenters. The first-order valence-electron chi connectivity index (χ1n) is 7.68. The molecule has 0 bridgehead atoms. The van der Waals surface area contributed by atoms with E-state index in [1.54, 1.807) is 18.4 Å². The van der Waals surface area contributed by atoms with E-state index in [0.29, 0.717) is 23.0 Å². The Hall–Kier alpha value is -3.43. The van der Waals surface area contributed by atoms with Gasteiger partial charge in [0, 0.05) is 12.1 Å². The van der Waals surface area contributed by atoms with Crippen molar-refractivity contribution in [2.75, 3.05) is 0 Å². The van der Waals surface area contributed by atoms with E-state index in [-0.39, 0.29) is 17.6 Å². The quantitative estimate of drug-likeness (QED) is 0.505. The van der Waals surface area contributed by atoms with Gasteiger partial charge in [0.2, 0.25) is 11.7 Å². The van der Waals surface area contributed by atoms with Crippen molar-refractivity contribution in [3.63, 3.8) is 0 Å². The van der Waals surface area contributed by atoms with Crippen molar-refractivity contribution in [3.8, 4) is 11.6 Å². The van der Waals surface area contributed by atoms with Crippen molar-refractivity contribution in [1.82, 2.24) is 35.6 Å².